The zero-order chi connectivity index (χ0) is 22.7. The van der Waals surface area contributed by atoms with Gasteiger partial charge in [-0.1, -0.05) is 32.0 Å². The smallest absolute Gasteiger partial charge is 0.407 e. The lowest BCUT2D eigenvalue weighted by molar-refractivity contribution is 0.0501. The summed E-state index contributed by atoms with van der Waals surface area (Å²) >= 11 is 0. The monoisotopic (exact) mass is 427 g/mol. The average molecular weight is 428 g/mol. The molecule has 1 heterocycles. The summed E-state index contributed by atoms with van der Waals surface area (Å²) in [5, 5.41) is 6.48. The van der Waals surface area contributed by atoms with Gasteiger partial charge < -0.3 is 20.1 Å². The molecule has 0 spiro atoms. The van der Waals surface area contributed by atoms with Crippen molar-refractivity contribution in [2.45, 2.75) is 65.7 Å². The highest BCUT2D eigenvalue weighted by atomic mass is 16.6. The maximum atomic E-state index is 12.3. The van der Waals surface area contributed by atoms with Gasteiger partial charge in [-0.25, -0.2) is 4.79 Å². The van der Waals surface area contributed by atoms with E-state index < -0.39 is 5.60 Å². The van der Waals surface area contributed by atoms with Gasteiger partial charge in [0.25, 0.3) is 0 Å². The number of carbonyl (C=O) groups is 1. The Hall–Kier alpha value is -2.60. The van der Waals surface area contributed by atoms with Crippen LogP contribution in [0, 0.1) is 5.92 Å². The molecule has 0 bridgehead atoms. The van der Waals surface area contributed by atoms with Gasteiger partial charge >= 0.3 is 6.09 Å². The molecule has 0 fully saturated rings. The topological polar surface area (TPSA) is 72.5 Å². The van der Waals surface area contributed by atoms with Crippen molar-refractivity contribution >= 4 is 6.09 Å². The molecule has 0 radical (unpaired) electrons. The number of nitrogens with one attached hydrogen (secondary N) is 2. The summed E-state index contributed by atoms with van der Waals surface area (Å²) in [5.41, 5.74) is 1.51. The summed E-state index contributed by atoms with van der Waals surface area (Å²) in [4.78, 5) is 16.6. The number of benzene rings is 1. The van der Waals surface area contributed by atoms with Crippen LogP contribution in [0.1, 0.15) is 52.3 Å². The van der Waals surface area contributed by atoms with Crippen molar-refractivity contribution < 1.29 is 14.3 Å². The molecule has 0 aliphatic rings. The van der Waals surface area contributed by atoms with Gasteiger partial charge in [0.05, 0.1) is 5.69 Å². The number of hydrogen-bond acceptors (Lipinski definition) is 5. The molecule has 0 saturated carbocycles. The van der Waals surface area contributed by atoms with Crippen LogP contribution in [0.3, 0.4) is 0 Å². The fourth-order valence-corrected chi connectivity index (χ4v) is 3.01. The molecule has 170 valence electrons. The first-order valence-corrected chi connectivity index (χ1v) is 11.0. The Kier molecular flexibility index (Phi) is 9.79. The minimum atomic E-state index is -0.517. The van der Waals surface area contributed by atoms with Crippen molar-refractivity contribution in [2.75, 3.05) is 13.1 Å². The predicted octanol–water partition coefficient (Wildman–Crippen LogP) is 4.73. The first kappa shape index (κ1) is 24.7. The Morgan fingerprint density at radius 2 is 1.84 bits per heavy atom. The van der Waals surface area contributed by atoms with Crippen LogP contribution < -0.4 is 15.4 Å². The molecule has 0 aliphatic heterocycles. The van der Waals surface area contributed by atoms with Crippen molar-refractivity contribution in [3.63, 3.8) is 0 Å². The Morgan fingerprint density at radius 1 is 1.10 bits per heavy atom. The van der Waals surface area contributed by atoms with Crippen LogP contribution in [0.4, 0.5) is 4.79 Å². The lowest BCUT2D eigenvalue weighted by Gasteiger charge is -2.24. The fraction of sp³-hybridized carbons (Fsp3) is 0.520. The van der Waals surface area contributed by atoms with Crippen molar-refractivity contribution in [3.8, 4) is 5.75 Å². The molecule has 1 aromatic carbocycles. The van der Waals surface area contributed by atoms with Gasteiger partial charge in [-0.05, 0) is 82.4 Å². The molecule has 1 amide bonds. The summed E-state index contributed by atoms with van der Waals surface area (Å²) in [5.74, 6) is 1.39. The minimum Gasteiger partial charge on any atom is -0.487 e. The van der Waals surface area contributed by atoms with Gasteiger partial charge in [0, 0.05) is 12.2 Å². The van der Waals surface area contributed by atoms with Crippen molar-refractivity contribution in [1.82, 2.24) is 15.6 Å². The highest BCUT2D eigenvalue weighted by Crippen LogP contribution is 2.16. The number of carbonyl (C=O) groups excluding carboxylic acids is 1. The third-order valence-corrected chi connectivity index (χ3v) is 4.46. The number of hydrogen-bond donors (Lipinski definition) is 2. The first-order valence-electron chi connectivity index (χ1n) is 11.0. The van der Waals surface area contributed by atoms with Crippen LogP contribution in [-0.4, -0.2) is 35.8 Å². The van der Waals surface area contributed by atoms with Gasteiger partial charge in [0.1, 0.15) is 18.0 Å². The zero-order valence-corrected chi connectivity index (χ0v) is 19.5. The first-order chi connectivity index (χ1) is 14.7. The zero-order valence-electron chi connectivity index (χ0n) is 19.5. The molecule has 6 heteroatoms. The van der Waals surface area contributed by atoms with E-state index in [-0.39, 0.29) is 12.1 Å². The van der Waals surface area contributed by atoms with Crippen molar-refractivity contribution in [3.05, 3.63) is 59.9 Å². The van der Waals surface area contributed by atoms with E-state index in [0.717, 1.165) is 42.9 Å². The van der Waals surface area contributed by atoms with Gasteiger partial charge in [0.2, 0.25) is 0 Å². The Morgan fingerprint density at radius 3 is 2.45 bits per heavy atom. The number of amides is 1. The molecule has 31 heavy (non-hydrogen) atoms. The average Bonchev–Trinajstić information content (AvgIpc) is 2.70. The molecule has 2 aromatic rings. The van der Waals surface area contributed by atoms with E-state index in [4.69, 9.17) is 9.47 Å². The summed E-state index contributed by atoms with van der Waals surface area (Å²) in [7, 11) is 0. The standard InChI is InChI=1S/C25H37N3O3/c1-19(2)17-26-15-13-21(28-24(29)31-25(3,4)5)16-20-9-11-23(12-10-20)30-18-22-8-6-7-14-27-22/h6-12,14,19,21,26H,13,15-18H2,1-5H3,(H,28,29). The van der Waals surface area contributed by atoms with Gasteiger partial charge in [-0.2, -0.15) is 0 Å². The van der Waals surface area contributed by atoms with E-state index in [0.29, 0.717) is 12.5 Å². The highest BCUT2D eigenvalue weighted by molar-refractivity contribution is 5.68. The second kappa shape index (κ2) is 12.3. The summed E-state index contributed by atoms with van der Waals surface area (Å²) in [6, 6.07) is 13.8. The minimum absolute atomic E-state index is 0.0187. The molecule has 0 saturated heterocycles. The number of alkyl carbamates (subject to hydrolysis) is 1. The van der Waals surface area contributed by atoms with E-state index in [1.165, 1.54) is 0 Å². The SMILES string of the molecule is CC(C)CNCCC(Cc1ccc(OCc2ccccn2)cc1)NC(=O)OC(C)(C)C. The van der Waals surface area contributed by atoms with Crippen molar-refractivity contribution in [2.24, 2.45) is 5.92 Å². The summed E-state index contributed by atoms with van der Waals surface area (Å²) in [6.07, 6.45) is 2.93. The molecule has 1 atom stereocenters. The molecular weight excluding hydrogens is 390 g/mol. The van der Waals surface area contributed by atoms with Crippen molar-refractivity contribution in [1.29, 1.82) is 0 Å². The Labute approximate surface area is 186 Å². The molecule has 0 aliphatic carbocycles. The largest absolute Gasteiger partial charge is 0.487 e. The fourth-order valence-electron chi connectivity index (χ4n) is 3.01. The number of ether oxygens (including phenoxy) is 2. The van der Waals surface area contributed by atoms with E-state index >= 15 is 0 Å². The van der Waals surface area contributed by atoms with E-state index in [1.54, 1.807) is 6.20 Å². The number of rotatable bonds is 11. The maximum absolute atomic E-state index is 12.3. The molecule has 2 N–H and O–H groups in total. The number of aromatic nitrogens is 1. The van der Waals surface area contributed by atoms with Crippen LogP contribution in [-0.2, 0) is 17.8 Å². The van der Waals surface area contributed by atoms with E-state index in [2.05, 4.69) is 29.5 Å². The summed E-state index contributed by atoms with van der Waals surface area (Å²) in [6.45, 7) is 12.2. The third kappa shape index (κ3) is 10.8. The molecule has 1 aromatic heterocycles. The Bertz CT molecular complexity index is 771. The van der Waals surface area contributed by atoms with Gasteiger partial charge in [-0.15, -0.1) is 0 Å². The highest BCUT2D eigenvalue weighted by Gasteiger charge is 2.19. The van der Waals surface area contributed by atoms with Crippen LogP contribution >= 0.6 is 0 Å². The molecule has 2 rings (SSSR count). The molecular formula is C25H37N3O3. The van der Waals surface area contributed by atoms with E-state index in [9.17, 15) is 4.79 Å². The predicted molar refractivity (Wildman–Crippen MR) is 124 cm³/mol. The second-order valence-electron chi connectivity index (χ2n) is 9.19. The van der Waals surface area contributed by atoms with E-state index in [1.807, 2.05) is 63.2 Å². The quantitative estimate of drug-likeness (QED) is 0.507. The van der Waals surface area contributed by atoms with Crippen LogP contribution in [0.25, 0.3) is 0 Å². The lowest BCUT2D eigenvalue weighted by atomic mass is 10.0. The second-order valence-corrected chi connectivity index (χ2v) is 9.19. The van der Waals surface area contributed by atoms with Crippen LogP contribution in [0.5, 0.6) is 5.75 Å². The number of nitrogens with zero attached hydrogens (tertiary/aromatic N) is 1. The lowest BCUT2D eigenvalue weighted by Crippen LogP contribution is -2.41. The van der Waals surface area contributed by atoms with Gasteiger partial charge in [-0.3, -0.25) is 4.98 Å². The third-order valence-electron chi connectivity index (χ3n) is 4.46. The van der Waals surface area contributed by atoms with Crippen LogP contribution in [0.2, 0.25) is 0 Å². The van der Waals surface area contributed by atoms with Gasteiger partial charge in [0.15, 0.2) is 0 Å². The molecule has 1 unspecified atom stereocenters. The normalized spacial score (nSPS) is 12.5. The Balaban J connectivity index is 1.91. The molecule has 6 nitrogen and oxygen atoms in total. The summed E-state index contributed by atoms with van der Waals surface area (Å²) < 4.78 is 11.3. The van der Waals surface area contributed by atoms with Crippen LogP contribution in [0.15, 0.2) is 48.7 Å². The number of pyridine rings is 1. The maximum Gasteiger partial charge on any atom is 0.407 e.